The van der Waals surface area contributed by atoms with E-state index in [0.29, 0.717) is 0 Å². The Hall–Kier alpha value is -2.24. The number of aromatic nitrogens is 1. The summed E-state index contributed by atoms with van der Waals surface area (Å²) < 4.78 is 4.60. The molecule has 1 rings (SSSR count). The molecule has 0 saturated carbocycles. The predicted octanol–water partition coefficient (Wildman–Crippen LogP) is 0.810. The molecule has 1 heterocycles. The van der Waals surface area contributed by atoms with Crippen molar-refractivity contribution >= 4 is 23.5 Å². The number of hydrogen-bond acceptors (Lipinski definition) is 5. The lowest BCUT2D eigenvalue weighted by molar-refractivity contribution is -0.125. The van der Waals surface area contributed by atoms with Gasteiger partial charge in [-0.2, -0.15) is 0 Å². The highest BCUT2D eigenvalue weighted by Gasteiger charge is 2.20. The SMILES string of the molecule is COC(=O)c1cccnc1N(C)C(=O)CC(C)=O. The normalized spacial score (nSPS) is 9.72. The van der Waals surface area contributed by atoms with E-state index in [9.17, 15) is 14.4 Å². The fraction of sp³-hybridized carbons (Fsp3) is 0.333. The van der Waals surface area contributed by atoms with Gasteiger partial charge in [0.25, 0.3) is 0 Å². The molecule has 0 saturated heterocycles. The lowest BCUT2D eigenvalue weighted by atomic mass is 10.2. The number of carbonyl (C=O) groups excluding carboxylic acids is 3. The molecule has 0 aliphatic heterocycles. The maximum Gasteiger partial charge on any atom is 0.341 e. The molecule has 0 radical (unpaired) electrons. The Balaban J connectivity index is 3.05. The average molecular weight is 250 g/mol. The van der Waals surface area contributed by atoms with E-state index in [1.165, 1.54) is 38.2 Å². The highest BCUT2D eigenvalue weighted by Crippen LogP contribution is 2.17. The minimum Gasteiger partial charge on any atom is -0.465 e. The lowest BCUT2D eigenvalue weighted by Gasteiger charge is -2.17. The molecule has 0 bridgehead atoms. The van der Waals surface area contributed by atoms with Crippen molar-refractivity contribution in [2.75, 3.05) is 19.1 Å². The van der Waals surface area contributed by atoms with Gasteiger partial charge in [0, 0.05) is 13.2 Å². The fourth-order valence-electron chi connectivity index (χ4n) is 1.38. The smallest absolute Gasteiger partial charge is 0.341 e. The van der Waals surface area contributed by atoms with Crippen molar-refractivity contribution in [3.8, 4) is 0 Å². The first kappa shape index (κ1) is 13.8. The quantitative estimate of drug-likeness (QED) is 0.583. The molecule has 0 spiro atoms. The van der Waals surface area contributed by atoms with Gasteiger partial charge in [-0.3, -0.25) is 14.5 Å². The minimum absolute atomic E-state index is 0.176. The van der Waals surface area contributed by atoms with Crippen molar-refractivity contribution in [1.29, 1.82) is 0 Å². The lowest BCUT2D eigenvalue weighted by Crippen LogP contribution is -2.30. The summed E-state index contributed by atoms with van der Waals surface area (Å²) in [7, 11) is 2.70. The summed E-state index contributed by atoms with van der Waals surface area (Å²) >= 11 is 0. The van der Waals surface area contributed by atoms with Crippen molar-refractivity contribution in [1.82, 2.24) is 4.98 Å². The third-order valence-electron chi connectivity index (χ3n) is 2.28. The van der Waals surface area contributed by atoms with Gasteiger partial charge in [0.15, 0.2) is 0 Å². The molecule has 0 aliphatic rings. The number of anilines is 1. The van der Waals surface area contributed by atoms with Gasteiger partial charge in [-0.25, -0.2) is 9.78 Å². The van der Waals surface area contributed by atoms with Gasteiger partial charge >= 0.3 is 5.97 Å². The zero-order valence-corrected chi connectivity index (χ0v) is 10.5. The second-order valence-corrected chi connectivity index (χ2v) is 3.70. The summed E-state index contributed by atoms with van der Waals surface area (Å²) in [5.74, 6) is -1.08. The monoisotopic (exact) mass is 250 g/mol. The van der Waals surface area contributed by atoms with Crippen molar-refractivity contribution < 1.29 is 19.1 Å². The van der Waals surface area contributed by atoms with Crippen LogP contribution in [0.5, 0.6) is 0 Å². The number of ketones is 1. The second kappa shape index (κ2) is 5.90. The molecule has 0 aliphatic carbocycles. The number of rotatable bonds is 4. The van der Waals surface area contributed by atoms with Crippen LogP contribution in [0.15, 0.2) is 18.3 Å². The third-order valence-corrected chi connectivity index (χ3v) is 2.28. The number of esters is 1. The van der Waals surface area contributed by atoms with Crippen LogP contribution in [0.2, 0.25) is 0 Å². The van der Waals surface area contributed by atoms with E-state index in [-0.39, 0.29) is 23.6 Å². The molecule has 1 aromatic rings. The zero-order chi connectivity index (χ0) is 13.7. The van der Waals surface area contributed by atoms with Gasteiger partial charge in [0.1, 0.15) is 17.2 Å². The van der Waals surface area contributed by atoms with Gasteiger partial charge in [0.2, 0.25) is 5.91 Å². The van der Waals surface area contributed by atoms with Crippen LogP contribution in [-0.2, 0) is 14.3 Å². The molecule has 0 fully saturated rings. The van der Waals surface area contributed by atoms with E-state index in [2.05, 4.69) is 9.72 Å². The zero-order valence-electron chi connectivity index (χ0n) is 10.5. The predicted molar refractivity (Wildman–Crippen MR) is 64.3 cm³/mol. The molecular formula is C12H14N2O4. The summed E-state index contributed by atoms with van der Waals surface area (Å²) in [6, 6.07) is 3.07. The largest absolute Gasteiger partial charge is 0.465 e. The van der Waals surface area contributed by atoms with Crippen LogP contribution < -0.4 is 4.90 Å². The van der Waals surface area contributed by atoms with E-state index in [1.807, 2.05) is 0 Å². The van der Waals surface area contributed by atoms with Gasteiger partial charge < -0.3 is 4.74 Å². The van der Waals surface area contributed by atoms with Gasteiger partial charge in [-0.05, 0) is 19.1 Å². The summed E-state index contributed by atoms with van der Waals surface area (Å²) in [5, 5.41) is 0. The Kier molecular flexibility index (Phi) is 4.53. The summed E-state index contributed by atoms with van der Waals surface area (Å²) in [6.07, 6.45) is 1.23. The van der Waals surface area contributed by atoms with Crippen molar-refractivity contribution in [2.24, 2.45) is 0 Å². The van der Waals surface area contributed by atoms with Crippen LogP contribution in [-0.4, -0.2) is 36.8 Å². The fourth-order valence-corrected chi connectivity index (χ4v) is 1.38. The number of methoxy groups -OCH3 is 1. The number of pyridine rings is 1. The number of Topliss-reactive ketones (excluding diaryl/α,β-unsaturated/α-hetero) is 1. The number of hydrogen-bond donors (Lipinski definition) is 0. The van der Waals surface area contributed by atoms with Crippen molar-refractivity contribution in [2.45, 2.75) is 13.3 Å². The maximum absolute atomic E-state index is 11.7. The Labute approximate surface area is 105 Å². The molecule has 1 amide bonds. The Morgan fingerprint density at radius 2 is 2.06 bits per heavy atom. The molecule has 0 atom stereocenters. The Bertz CT molecular complexity index is 485. The minimum atomic E-state index is -0.583. The van der Waals surface area contributed by atoms with E-state index in [0.717, 1.165) is 0 Å². The summed E-state index contributed by atoms with van der Waals surface area (Å²) in [6.45, 7) is 1.32. The maximum atomic E-state index is 11.7. The molecule has 0 N–H and O–H groups in total. The average Bonchev–Trinajstić information content (AvgIpc) is 2.36. The van der Waals surface area contributed by atoms with Gasteiger partial charge in [-0.15, -0.1) is 0 Å². The number of carbonyl (C=O) groups is 3. The third kappa shape index (κ3) is 3.13. The Morgan fingerprint density at radius 1 is 1.39 bits per heavy atom. The van der Waals surface area contributed by atoms with Crippen LogP contribution >= 0.6 is 0 Å². The summed E-state index contributed by atoms with van der Waals surface area (Å²) in [5.41, 5.74) is 0.180. The molecule has 0 aromatic carbocycles. The van der Waals surface area contributed by atoms with E-state index in [1.54, 1.807) is 6.07 Å². The topological polar surface area (TPSA) is 76.6 Å². The highest BCUT2D eigenvalue weighted by molar-refractivity contribution is 6.07. The second-order valence-electron chi connectivity index (χ2n) is 3.70. The first-order valence-corrected chi connectivity index (χ1v) is 5.26. The van der Waals surface area contributed by atoms with Crippen molar-refractivity contribution in [3.05, 3.63) is 23.9 Å². The first-order chi connectivity index (χ1) is 8.47. The van der Waals surface area contributed by atoms with Gasteiger partial charge in [0.05, 0.1) is 13.5 Å². The molecule has 96 valence electrons. The molecular weight excluding hydrogens is 236 g/mol. The van der Waals surface area contributed by atoms with Crippen LogP contribution in [0, 0.1) is 0 Å². The molecule has 1 aromatic heterocycles. The van der Waals surface area contributed by atoms with Gasteiger partial charge in [-0.1, -0.05) is 0 Å². The Morgan fingerprint density at radius 3 is 2.61 bits per heavy atom. The van der Waals surface area contributed by atoms with E-state index >= 15 is 0 Å². The van der Waals surface area contributed by atoms with Crippen LogP contribution in [0.4, 0.5) is 5.82 Å². The van der Waals surface area contributed by atoms with Crippen molar-refractivity contribution in [3.63, 3.8) is 0 Å². The molecule has 18 heavy (non-hydrogen) atoms. The highest BCUT2D eigenvalue weighted by atomic mass is 16.5. The van der Waals surface area contributed by atoms with E-state index in [4.69, 9.17) is 0 Å². The standard InChI is InChI=1S/C12H14N2O4/c1-8(15)7-10(16)14(2)11-9(12(17)18-3)5-4-6-13-11/h4-6H,7H2,1-3H3. The van der Waals surface area contributed by atoms with Crippen LogP contribution in [0.1, 0.15) is 23.7 Å². The molecule has 6 nitrogen and oxygen atoms in total. The summed E-state index contributed by atoms with van der Waals surface area (Å²) in [4.78, 5) is 39.3. The first-order valence-electron chi connectivity index (χ1n) is 5.26. The van der Waals surface area contributed by atoms with Crippen LogP contribution in [0.3, 0.4) is 0 Å². The number of ether oxygens (including phenoxy) is 1. The van der Waals surface area contributed by atoms with E-state index < -0.39 is 11.9 Å². The molecule has 6 heteroatoms. The van der Waals surface area contributed by atoms with Crippen LogP contribution in [0.25, 0.3) is 0 Å². The molecule has 0 unspecified atom stereocenters. The number of amides is 1. The number of nitrogens with zero attached hydrogens (tertiary/aromatic N) is 2.